The Morgan fingerprint density at radius 3 is 2.71 bits per heavy atom. The number of anilines is 1. The Bertz CT molecular complexity index is 715. The maximum absolute atomic E-state index is 14.2. The number of carbonyl (C=O) groups is 1. The van der Waals surface area contributed by atoms with Gasteiger partial charge in [-0.1, -0.05) is 12.1 Å². The highest BCUT2D eigenvalue weighted by atomic mass is 19.1. The third kappa shape index (κ3) is 2.64. The number of fused-ring (bicyclic) bond motifs is 1. The second-order valence-electron chi connectivity index (χ2n) is 5.11. The van der Waals surface area contributed by atoms with Gasteiger partial charge in [0, 0.05) is 17.7 Å². The summed E-state index contributed by atoms with van der Waals surface area (Å²) >= 11 is 0. The summed E-state index contributed by atoms with van der Waals surface area (Å²) in [6.07, 6.45) is 0.914. The van der Waals surface area contributed by atoms with Crippen LogP contribution in [0, 0.1) is 11.6 Å². The highest BCUT2D eigenvalue weighted by Gasteiger charge is 2.21. The van der Waals surface area contributed by atoms with Crippen molar-refractivity contribution in [3.8, 4) is 0 Å². The third-order valence-corrected chi connectivity index (χ3v) is 3.66. The smallest absolute Gasteiger partial charge is 0.224 e. The number of nitrogens with two attached hydrogens (primary N) is 1. The fraction of sp³-hybridized carbons (Fsp3) is 0.188. The van der Waals surface area contributed by atoms with Crippen LogP contribution in [-0.4, -0.2) is 5.91 Å². The van der Waals surface area contributed by atoms with Crippen molar-refractivity contribution in [2.45, 2.75) is 18.9 Å². The van der Waals surface area contributed by atoms with E-state index in [0.717, 1.165) is 5.56 Å². The molecule has 3 N–H and O–H groups in total. The van der Waals surface area contributed by atoms with E-state index in [1.807, 2.05) is 0 Å². The molecule has 21 heavy (non-hydrogen) atoms. The molecular formula is C16H14F2N2O. The van der Waals surface area contributed by atoms with Crippen LogP contribution in [0.25, 0.3) is 0 Å². The summed E-state index contributed by atoms with van der Waals surface area (Å²) < 4.78 is 27.5. The maximum atomic E-state index is 14.2. The highest BCUT2D eigenvalue weighted by molar-refractivity contribution is 5.93. The number of hydrogen-bond donors (Lipinski definition) is 2. The first kappa shape index (κ1) is 13.7. The summed E-state index contributed by atoms with van der Waals surface area (Å²) in [7, 11) is 0. The Hall–Kier alpha value is -2.27. The third-order valence-electron chi connectivity index (χ3n) is 3.66. The van der Waals surface area contributed by atoms with Gasteiger partial charge in [-0.2, -0.15) is 0 Å². The van der Waals surface area contributed by atoms with E-state index < -0.39 is 17.7 Å². The molecule has 0 fully saturated rings. The molecule has 0 aliphatic carbocycles. The molecule has 1 atom stereocenters. The predicted octanol–water partition coefficient (Wildman–Crippen LogP) is 2.90. The zero-order valence-electron chi connectivity index (χ0n) is 11.2. The van der Waals surface area contributed by atoms with Crippen LogP contribution in [0.2, 0.25) is 0 Å². The monoisotopic (exact) mass is 288 g/mol. The highest BCUT2D eigenvalue weighted by Crippen LogP contribution is 2.30. The standard InChI is InChI=1S/C16H14F2N2O/c17-11-3-1-2-10(6-11)16(19)12-7-9-4-5-15(21)20-14(9)8-13(12)18/h1-3,6-8,16H,4-5,19H2,(H,20,21). The SMILES string of the molecule is NC(c1cccc(F)c1)c1cc2c(cc1F)NC(=O)CC2. The number of amides is 1. The van der Waals surface area contributed by atoms with E-state index in [1.54, 1.807) is 18.2 Å². The van der Waals surface area contributed by atoms with E-state index in [9.17, 15) is 13.6 Å². The topological polar surface area (TPSA) is 55.1 Å². The zero-order valence-corrected chi connectivity index (χ0v) is 11.2. The molecule has 1 heterocycles. The van der Waals surface area contributed by atoms with E-state index >= 15 is 0 Å². The number of hydrogen-bond acceptors (Lipinski definition) is 2. The Kier molecular flexibility index (Phi) is 3.43. The minimum Gasteiger partial charge on any atom is -0.326 e. The van der Waals surface area contributed by atoms with Gasteiger partial charge < -0.3 is 11.1 Å². The number of halogens is 2. The van der Waals surface area contributed by atoms with Crippen LogP contribution < -0.4 is 11.1 Å². The molecule has 3 rings (SSSR count). The summed E-state index contributed by atoms with van der Waals surface area (Å²) in [5, 5.41) is 2.64. The van der Waals surface area contributed by atoms with Gasteiger partial charge in [0.05, 0.1) is 6.04 Å². The van der Waals surface area contributed by atoms with Crippen molar-refractivity contribution in [1.29, 1.82) is 0 Å². The fourth-order valence-electron chi connectivity index (χ4n) is 2.54. The van der Waals surface area contributed by atoms with Gasteiger partial charge in [0.1, 0.15) is 11.6 Å². The molecule has 2 aromatic rings. The largest absolute Gasteiger partial charge is 0.326 e. The molecule has 0 radical (unpaired) electrons. The van der Waals surface area contributed by atoms with Crippen LogP contribution in [0.15, 0.2) is 36.4 Å². The van der Waals surface area contributed by atoms with Gasteiger partial charge in [-0.25, -0.2) is 8.78 Å². The summed E-state index contributed by atoms with van der Waals surface area (Å²) in [6.45, 7) is 0. The summed E-state index contributed by atoms with van der Waals surface area (Å²) in [4.78, 5) is 11.3. The quantitative estimate of drug-likeness (QED) is 0.892. The molecule has 3 nitrogen and oxygen atoms in total. The number of aryl methyl sites for hydroxylation is 1. The van der Waals surface area contributed by atoms with Crippen LogP contribution in [-0.2, 0) is 11.2 Å². The zero-order chi connectivity index (χ0) is 15.0. The number of carbonyl (C=O) groups excluding carboxylic acids is 1. The first-order valence-electron chi connectivity index (χ1n) is 6.68. The van der Waals surface area contributed by atoms with Crippen LogP contribution in [0.5, 0.6) is 0 Å². The van der Waals surface area contributed by atoms with E-state index in [4.69, 9.17) is 5.73 Å². The van der Waals surface area contributed by atoms with Crippen LogP contribution in [0.3, 0.4) is 0 Å². The fourth-order valence-corrected chi connectivity index (χ4v) is 2.54. The minimum atomic E-state index is -0.747. The molecular weight excluding hydrogens is 274 g/mol. The average Bonchev–Trinajstić information content (AvgIpc) is 2.45. The van der Waals surface area contributed by atoms with E-state index in [1.165, 1.54) is 18.2 Å². The maximum Gasteiger partial charge on any atom is 0.224 e. The normalized spacial score (nSPS) is 15.3. The molecule has 0 bridgehead atoms. The van der Waals surface area contributed by atoms with Gasteiger partial charge in [-0.15, -0.1) is 0 Å². The van der Waals surface area contributed by atoms with Gasteiger partial charge in [0.25, 0.3) is 0 Å². The number of benzene rings is 2. The molecule has 1 unspecified atom stereocenters. The van der Waals surface area contributed by atoms with Crippen molar-refractivity contribution >= 4 is 11.6 Å². The first-order valence-corrected chi connectivity index (χ1v) is 6.68. The second kappa shape index (κ2) is 5.26. The summed E-state index contributed by atoms with van der Waals surface area (Å²) in [5.41, 5.74) is 8.19. The molecule has 5 heteroatoms. The lowest BCUT2D eigenvalue weighted by Crippen LogP contribution is -2.21. The molecule has 1 aliphatic heterocycles. The second-order valence-corrected chi connectivity index (χ2v) is 5.11. The lowest BCUT2D eigenvalue weighted by molar-refractivity contribution is -0.116. The number of nitrogens with one attached hydrogen (secondary N) is 1. The number of rotatable bonds is 2. The van der Waals surface area contributed by atoms with Crippen molar-refractivity contribution in [3.05, 3.63) is 64.7 Å². The van der Waals surface area contributed by atoms with E-state index in [2.05, 4.69) is 5.32 Å². The van der Waals surface area contributed by atoms with Crippen molar-refractivity contribution in [2.75, 3.05) is 5.32 Å². The summed E-state index contributed by atoms with van der Waals surface area (Å²) in [6, 6.07) is 8.00. The van der Waals surface area contributed by atoms with Crippen LogP contribution in [0.4, 0.5) is 14.5 Å². The van der Waals surface area contributed by atoms with E-state index in [-0.39, 0.29) is 5.91 Å². The van der Waals surface area contributed by atoms with Gasteiger partial charge in [-0.3, -0.25) is 4.79 Å². The van der Waals surface area contributed by atoms with Crippen molar-refractivity contribution in [1.82, 2.24) is 0 Å². The van der Waals surface area contributed by atoms with Crippen LogP contribution in [0.1, 0.15) is 29.2 Å². The molecule has 1 amide bonds. The first-order chi connectivity index (χ1) is 10.0. The molecule has 0 saturated heterocycles. The minimum absolute atomic E-state index is 0.121. The molecule has 108 valence electrons. The predicted molar refractivity (Wildman–Crippen MR) is 75.8 cm³/mol. The summed E-state index contributed by atoms with van der Waals surface area (Å²) in [5.74, 6) is -1.04. The van der Waals surface area contributed by atoms with Crippen molar-refractivity contribution in [3.63, 3.8) is 0 Å². The lowest BCUT2D eigenvalue weighted by Gasteiger charge is -2.21. The Morgan fingerprint density at radius 1 is 1.14 bits per heavy atom. The molecule has 0 aromatic heterocycles. The Balaban J connectivity index is 2.01. The van der Waals surface area contributed by atoms with Crippen molar-refractivity contribution < 1.29 is 13.6 Å². The van der Waals surface area contributed by atoms with E-state index in [0.29, 0.717) is 29.7 Å². The Morgan fingerprint density at radius 2 is 1.95 bits per heavy atom. The van der Waals surface area contributed by atoms with Gasteiger partial charge in [-0.05, 0) is 41.8 Å². The van der Waals surface area contributed by atoms with Crippen molar-refractivity contribution in [2.24, 2.45) is 5.73 Å². The molecule has 0 saturated carbocycles. The Labute approximate surface area is 120 Å². The van der Waals surface area contributed by atoms with Gasteiger partial charge >= 0.3 is 0 Å². The molecule has 2 aromatic carbocycles. The lowest BCUT2D eigenvalue weighted by atomic mass is 9.93. The molecule has 0 spiro atoms. The molecule has 1 aliphatic rings. The van der Waals surface area contributed by atoms with Crippen LogP contribution >= 0.6 is 0 Å². The van der Waals surface area contributed by atoms with Gasteiger partial charge in [0.2, 0.25) is 5.91 Å². The average molecular weight is 288 g/mol. The van der Waals surface area contributed by atoms with Gasteiger partial charge in [0.15, 0.2) is 0 Å².